The average molecular weight is 383 g/mol. The number of hydrogen-bond acceptors (Lipinski definition) is 5. The van der Waals surface area contributed by atoms with Gasteiger partial charge in [-0.3, -0.25) is 14.6 Å². The number of carbonyl (C=O) groups excluding carboxylic acids is 2. The van der Waals surface area contributed by atoms with E-state index in [4.69, 9.17) is 9.52 Å². The fourth-order valence-electron chi connectivity index (χ4n) is 4.40. The van der Waals surface area contributed by atoms with Crippen LogP contribution in [0, 0.1) is 5.41 Å². The van der Waals surface area contributed by atoms with E-state index in [9.17, 15) is 9.59 Å². The van der Waals surface area contributed by atoms with Gasteiger partial charge in [0.15, 0.2) is 5.76 Å². The summed E-state index contributed by atoms with van der Waals surface area (Å²) >= 11 is 0. The molecule has 0 aromatic carbocycles. The predicted molar refractivity (Wildman–Crippen MR) is 101 cm³/mol. The Morgan fingerprint density at radius 3 is 2.75 bits per heavy atom. The van der Waals surface area contributed by atoms with Crippen LogP contribution in [0.15, 0.2) is 41.1 Å². The van der Waals surface area contributed by atoms with E-state index in [1.54, 1.807) is 24.5 Å². The summed E-state index contributed by atoms with van der Waals surface area (Å²) in [5.74, 6) is 0.685. The maximum atomic E-state index is 12.9. The topological polar surface area (TPSA) is 86.9 Å². The van der Waals surface area contributed by atoms with Crippen LogP contribution in [-0.4, -0.2) is 51.3 Å². The summed E-state index contributed by atoms with van der Waals surface area (Å²) in [5, 5.41) is 9.16. The van der Waals surface area contributed by atoms with Crippen molar-refractivity contribution in [3.05, 3.63) is 53.7 Å². The maximum Gasteiger partial charge on any atom is 0.289 e. The normalized spacial score (nSPS) is 22.7. The van der Waals surface area contributed by atoms with Crippen molar-refractivity contribution >= 4 is 11.8 Å². The first kappa shape index (κ1) is 18.7. The zero-order valence-electron chi connectivity index (χ0n) is 15.8. The molecule has 1 spiro atoms. The number of aliphatic hydroxyl groups is 1. The van der Waals surface area contributed by atoms with E-state index in [1.807, 2.05) is 21.9 Å². The summed E-state index contributed by atoms with van der Waals surface area (Å²) in [6.45, 7) is 2.34. The van der Waals surface area contributed by atoms with Crippen LogP contribution in [0.25, 0.3) is 0 Å². The van der Waals surface area contributed by atoms with Gasteiger partial charge < -0.3 is 19.3 Å². The number of nitrogens with zero attached hydrogens (tertiary/aromatic N) is 3. The molecular formula is C21H25N3O4. The first-order chi connectivity index (χ1) is 13.6. The van der Waals surface area contributed by atoms with Crippen LogP contribution in [0.5, 0.6) is 0 Å². The molecule has 1 atom stereocenters. The molecule has 7 heteroatoms. The first-order valence-electron chi connectivity index (χ1n) is 9.74. The Labute approximate surface area is 164 Å². The minimum absolute atomic E-state index is 0.0682. The summed E-state index contributed by atoms with van der Waals surface area (Å²) in [5.41, 5.74) is 0.998. The number of hydrogen-bond donors (Lipinski definition) is 1. The Bertz CT molecular complexity index is 850. The van der Waals surface area contributed by atoms with Gasteiger partial charge in [-0.05, 0) is 49.1 Å². The van der Waals surface area contributed by atoms with Gasteiger partial charge in [-0.15, -0.1) is 0 Å². The lowest BCUT2D eigenvalue weighted by Crippen LogP contribution is -2.54. The second kappa shape index (κ2) is 7.75. The van der Waals surface area contributed by atoms with E-state index in [0.717, 1.165) is 24.8 Å². The number of rotatable bonds is 4. The fourth-order valence-corrected chi connectivity index (χ4v) is 4.40. The standard InChI is InChI=1S/C21H25N3O4/c25-13-17-2-3-18(28-17)20(27)23-11-1-7-21(14-23)8-4-19(26)24(15-21)12-16-5-9-22-10-6-16/h2-3,5-6,9-10,25H,1,4,7-8,11-15H2. The zero-order chi connectivity index (χ0) is 19.6. The quantitative estimate of drug-likeness (QED) is 0.875. The van der Waals surface area contributed by atoms with Gasteiger partial charge >= 0.3 is 0 Å². The molecule has 0 bridgehead atoms. The smallest absolute Gasteiger partial charge is 0.289 e. The van der Waals surface area contributed by atoms with Crippen molar-refractivity contribution in [1.82, 2.24) is 14.8 Å². The third-order valence-corrected chi connectivity index (χ3v) is 5.85. The molecule has 4 rings (SSSR count). The summed E-state index contributed by atoms with van der Waals surface area (Å²) in [7, 11) is 0. The van der Waals surface area contributed by atoms with Gasteiger partial charge in [-0.25, -0.2) is 0 Å². The van der Waals surface area contributed by atoms with Crippen LogP contribution in [0.3, 0.4) is 0 Å². The number of furan rings is 1. The lowest BCUT2D eigenvalue weighted by atomic mass is 9.73. The van der Waals surface area contributed by atoms with Gasteiger partial charge in [-0.1, -0.05) is 0 Å². The lowest BCUT2D eigenvalue weighted by Gasteiger charge is -2.48. The van der Waals surface area contributed by atoms with Crippen molar-refractivity contribution in [1.29, 1.82) is 0 Å². The van der Waals surface area contributed by atoms with E-state index in [1.165, 1.54) is 0 Å². The molecule has 2 saturated heterocycles. The number of carbonyl (C=O) groups is 2. The highest BCUT2D eigenvalue weighted by molar-refractivity contribution is 5.91. The molecule has 4 heterocycles. The molecule has 2 amide bonds. The van der Waals surface area contributed by atoms with Crippen LogP contribution in [0.1, 0.15) is 47.6 Å². The number of aliphatic hydroxyl groups excluding tert-OH is 1. The highest BCUT2D eigenvalue weighted by Crippen LogP contribution is 2.39. The van der Waals surface area contributed by atoms with Crippen molar-refractivity contribution < 1.29 is 19.1 Å². The highest BCUT2D eigenvalue weighted by Gasteiger charge is 2.43. The number of aromatic nitrogens is 1. The minimum Gasteiger partial charge on any atom is -0.453 e. The summed E-state index contributed by atoms with van der Waals surface area (Å²) in [4.78, 5) is 33.1. The van der Waals surface area contributed by atoms with Crippen LogP contribution >= 0.6 is 0 Å². The average Bonchev–Trinajstić information content (AvgIpc) is 3.21. The van der Waals surface area contributed by atoms with Crippen molar-refractivity contribution in [3.63, 3.8) is 0 Å². The molecule has 28 heavy (non-hydrogen) atoms. The molecular weight excluding hydrogens is 358 g/mol. The van der Waals surface area contributed by atoms with E-state index < -0.39 is 0 Å². The molecule has 0 radical (unpaired) electrons. The SMILES string of the molecule is O=C1CCC2(CCCN(C(=O)c3ccc(CO)o3)C2)CN1Cc1ccncc1. The lowest BCUT2D eigenvalue weighted by molar-refractivity contribution is -0.139. The summed E-state index contributed by atoms with van der Waals surface area (Å²) in [6.07, 6.45) is 6.73. The molecule has 2 aliphatic heterocycles. The zero-order valence-corrected chi connectivity index (χ0v) is 15.8. The first-order valence-corrected chi connectivity index (χ1v) is 9.74. The number of likely N-dealkylation sites (tertiary alicyclic amines) is 2. The molecule has 148 valence electrons. The molecule has 7 nitrogen and oxygen atoms in total. The second-order valence-corrected chi connectivity index (χ2v) is 7.86. The molecule has 1 unspecified atom stereocenters. The second-order valence-electron chi connectivity index (χ2n) is 7.86. The van der Waals surface area contributed by atoms with Crippen molar-refractivity contribution in [2.45, 2.75) is 38.8 Å². The van der Waals surface area contributed by atoms with Gasteiger partial charge in [0.2, 0.25) is 5.91 Å². The molecule has 2 aromatic heterocycles. The van der Waals surface area contributed by atoms with Gasteiger partial charge in [-0.2, -0.15) is 0 Å². The Morgan fingerprint density at radius 1 is 1.18 bits per heavy atom. The summed E-state index contributed by atoms with van der Waals surface area (Å²) < 4.78 is 5.43. The predicted octanol–water partition coefficient (Wildman–Crippen LogP) is 2.21. The number of piperidine rings is 2. The maximum absolute atomic E-state index is 12.9. The molecule has 1 N–H and O–H groups in total. The highest BCUT2D eigenvalue weighted by atomic mass is 16.4. The van der Waals surface area contributed by atoms with Crippen LogP contribution in [-0.2, 0) is 17.9 Å². The van der Waals surface area contributed by atoms with E-state index in [-0.39, 0.29) is 29.6 Å². The Morgan fingerprint density at radius 2 is 2.00 bits per heavy atom. The molecule has 0 saturated carbocycles. The third kappa shape index (κ3) is 3.80. The fraction of sp³-hybridized carbons (Fsp3) is 0.476. The van der Waals surface area contributed by atoms with Crippen LogP contribution in [0.2, 0.25) is 0 Å². The Balaban J connectivity index is 1.47. The number of amides is 2. The van der Waals surface area contributed by atoms with Crippen molar-refractivity contribution in [2.24, 2.45) is 5.41 Å². The Kier molecular flexibility index (Phi) is 5.17. The molecule has 2 aromatic rings. The van der Waals surface area contributed by atoms with E-state index >= 15 is 0 Å². The molecule has 0 aliphatic carbocycles. The van der Waals surface area contributed by atoms with E-state index in [0.29, 0.717) is 38.4 Å². The molecule has 2 fully saturated rings. The van der Waals surface area contributed by atoms with Gasteiger partial charge in [0, 0.05) is 50.4 Å². The summed E-state index contributed by atoms with van der Waals surface area (Å²) in [6, 6.07) is 7.11. The monoisotopic (exact) mass is 383 g/mol. The van der Waals surface area contributed by atoms with Crippen molar-refractivity contribution in [2.75, 3.05) is 19.6 Å². The minimum atomic E-state index is -0.219. The molecule has 2 aliphatic rings. The number of pyridine rings is 1. The largest absolute Gasteiger partial charge is 0.453 e. The third-order valence-electron chi connectivity index (χ3n) is 5.85. The van der Waals surface area contributed by atoms with Gasteiger partial charge in [0.25, 0.3) is 5.91 Å². The Hall–Kier alpha value is -2.67. The van der Waals surface area contributed by atoms with Gasteiger partial charge in [0.05, 0.1) is 0 Å². The van der Waals surface area contributed by atoms with Crippen LogP contribution < -0.4 is 0 Å². The van der Waals surface area contributed by atoms with Crippen molar-refractivity contribution in [3.8, 4) is 0 Å². The van der Waals surface area contributed by atoms with E-state index in [2.05, 4.69) is 4.98 Å². The van der Waals surface area contributed by atoms with Gasteiger partial charge in [0.1, 0.15) is 12.4 Å². The van der Waals surface area contributed by atoms with Crippen LogP contribution in [0.4, 0.5) is 0 Å².